The van der Waals surface area contributed by atoms with E-state index in [0.717, 1.165) is 37.7 Å². The molecule has 10 heteroatoms. The van der Waals surface area contributed by atoms with Crippen LogP contribution in [0.15, 0.2) is 58.9 Å². The molecule has 0 saturated carbocycles. The number of fused-ring (bicyclic) bond motifs is 1. The zero-order valence-electron chi connectivity index (χ0n) is 22.8. The van der Waals surface area contributed by atoms with Crippen LogP contribution in [-0.2, 0) is 6.54 Å². The van der Waals surface area contributed by atoms with Gasteiger partial charge in [-0.15, -0.1) is 6.58 Å². The summed E-state index contributed by atoms with van der Waals surface area (Å²) in [4.78, 5) is 37.0. The molecule has 0 unspecified atom stereocenters. The summed E-state index contributed by atoms with van der Waals surface area (Å²) in [5.41, 5.74) is 2.95. The number of aromatic nitrogens is 5. The highest BCUT2D eigenvalue weighted by Gasteiger charge is 2.21. The molecule has 3 aromatic heterocycles. The molecule has 0 atom stereocenters. The van der Waals surface area contributed by atoms with Gasteiger partial charge in [0.25, 0.3) is 11.1 Å². The number of piperidine rings is 1. The molecule has 1 aliphatic heterocycles. The summed E-state index contributed by atoms with van der Waals surface area (Å²) in [5, 5.41) is 3.54. The van der Waals surface area contributed by atoms with Gasteiger partial charge >= 0.3 is 0 Å². The van der Waals surface area contributed by atoms with E-state index in [2.05, 4.69) is 52.9 Å². The van der Waals surface area contributed by atoms with Gasteiger partial charge in [0.1, 0.15) is 5.39 Å². The van der Waals surface area contributed by atoms with E-state index in [4.69, 9.17) is 0 Å². The Labute approximate surface area is 226 Å². The van der Waals surface area contributed by atoms with Gasteiger partial charge in [0.15, 0.2) is 11.5 Å². The molecule has 204 valence electrons. The van der Waals surface area contributed by atoms with Crippen LogP contribution in [-0.4, -0.2) is 48.9 Å². The maximum atomic E-state index is 14.7. The summed E-state index contributed by atoms with van der Waals surface area (Å²) >= 11 is 0. The quantitative estimate of drug-likeness (QED) is 0.353. The maximum absolute atomic E-state index is 14.7. The molecule has 0 radical (unpaired) electrons. The summed E-state index contributed by atoms with van der Waals surface area (Å²) in [6.07, 6.45) is 6.88. The van der Waals surface area contributed by atoms with E-state index in [-0.39, 0.29) is 23.5 Å². The fraction of sp³-hybridized carbons (Fsp3) is 0.379. The van der Waals surface area contributed by atoms with Crippen LogP contribution in [0.2, 0.25) is 0 Å². The third-order valence-corrected chi connectivity index (χ3v) is 7.45. The van der Waals surface area contributed by atoms with Gasteiger partial charge in [0, 0.05) is 30.2 Å². The van der Waals surface area contributed by atoms with Crippen molar-refractivity contribution >= 4 is 22.7 Å². The lowest BCUT2D eigenvalue weighted by Crippen LogP contribution is -2.29. The van der Waals surface area contributed by atoms with Gasteiger partial charge in [-0.05, 0) is 82.9 Å². The molecule has 5 rings (SSSR count). The zero-order valence-corrected chi connectivity index (χ0v) is 22.8. The van der Waals surface area contributed by atoms with Gasteiger partial charge in [0.2, 0.25) is 5.95 Å². The van der Waals surface area contributed by atoms with Crippen molar-refractivity contribution in [2.24, 2.45) is 0 Å². The predicted octanol–water partition coefficient (Wildman–Crippen LogP) is 4.51. The number of aryl methyl sites for hydroxylation is 1. The van der Waals surface area contributed by atoms with Crippen LogP contribution in [0, 0.1) is 12.7 Å². The summed E-state index contributed by atoms with van der Waals surface area (Å²) < 4.78 is 18.9. The number of anilines is 2. The molecule has 1 N–H and O–H groups in total. The topological polar surface area (TPSA) is 90.0 Å². The molecule has 1 saturated heterocycles. The Bertz CT molecular complexity index is 1660. The highest BCUT2D eigenvalue weighted by molar-refractivity contribution is 5.77. The van der Waals surface area contributed by atoms with Gasteiger partial charge < -0.3 is 14.8 Å². The Hall–Kier alpha value is -4.05. The van der Waals surface area contributed by atoms with Crippen molar-refractivity contribution in [3.8, 4) is 5.69 Å². The second-order valence-electron chi connectivity index (χ2n) is 10.5. The molecule has 0 aliphatic carbocycles. The number of nitrogens with zero attached hydrogens (tertiary/aromatic N) is 6. The van der Waals surface area contributed by atoms with Crippen molar-refractivity contribution in [3.63, 3.8) is 0 Å². The first-order valence-corrected chi connectivity index (χ1v) is 13.3. The third kappa shape index (κ3) is 5.04. The monoisotopic (exact) mass is 531 g/mol. The van der Waals surface area contributed by atoms with Crippen LogP contribution >= 0.6 is 0 Å². The van der Waals surface area contributed by atoms with E-state index < -0.39 is 11.4 Å². The van der Waals surface area contributed by atoms with Crippen LogP contribution in [0.5, 0.6) is 0 Å². The van der Waals surface area contributed by atoms with Crippen LogP contribution in [0.3, 0.4) is 0 Å². The average Bonchev–Trinajstić information content (AvgIpc) is 3.17. The highest BCUT2D eigenvalue weighted by Crippen LogP contribution is 2.31. The zero-order chi connectivity index (χ0) is 27.8. The molecule has 1 aliphatic rings. The van der Waals surface area contributed by atoms with Crippen molar-refractivity contribution < 1.29 is 4.39 Å². The fourth-order valence-corrected chi connectivity index (χ4v) is 5.35. The van der Waals surface area contributed by atoms with Gasteiger partial charge in [-0.25, -0.2) is 18.7 Å². The number of hydrogen-bond donors (Lipinski definition) is 1. The molecular formula is C29H34FN7O2. The summed E-state index contributed by atoms with van der Waals surface area (Å²) in [5.74, 6) is -0.0549. The van der Waals surface area contributed by atoms with E-state index in [1.807, 2.05) is 6.07 Å². The van der Waals surface area contributed by atoms with Crippen molar-refractivity contribution in [1.82, 2.24) is 28.8 Å². The first-order chi connectivity index (χ1) is 18.7. The minimum Gasteiger partial charge on any atom is -0.324 e. The van der Waals surface area contributed by atoms with Crippen molar-refractivity contribution in [2.45, 2.75) is 52.1 Å². The number of hydrogen-bond acceptors (Lipinski definition) is 6. The lowest BCUT2D eigenvalue weighted by atomic mass is 9.87. The number of rotatable bonds is 7. The molecule has 1 aromatic carbocycles. The van der Waals surface area contributed by atoms with Crippen LogP contribution in [0.4, 0.5) is 16.0 Å². The number of nitrogens with one attached hydrogen (secondary N) is 1. The van der Waals surface area contributed by atoms with E-state index in [0.29, 0.717) is 23.2 Å². The molecule has 0 amide bonds. The Morgan fingerprint density at radius 2 is 1.92 bits per heavy atom. The minimum atomic E-state index is -0.909. The molecule has 39 heavy (non-hydrogen) atoms. The third-order valence-electron chi connectivity index (χ3n) is 7.45. The Balaban J connectivity index is 1.55. The van der Waals surface area contributed by atoms with E-state index in [1.54, 1.807) is 19.9 Å². The van der Waals surface area contributed by atoms with Gasteiger partial charge in [-0.2, -0.15) is 4.98 Å². The van der Waals surface area contributed by atoms with Gasteiger partial charge in [-0.3, -0.25) is 9.59 Å². The number of allylic oxidation sites excluding steroid dienone is 1. The van der Waals surface area contributed by atoms with E-state index in [9.17, 15) is 14.0 Å². The Morgan fingerprint density at radius 3 is 2.59 bits per heavy atom. The Morgan fingerprint density at radius 1 is 1.18 bits per heavy atom. The van der Waals surface area contributed by atoms with Crippen LogP contribution in [0.1, 0.15) is 49.8 Å². The molecule has 1 fully saturated rings. The van der Waals surface area contributed by atoms with Crippen molar-refractivity contribution in [3.05, 3.63) is 87.0 Å². The predicted molar refractivity (Wildman–Crippen MR) is 152 cm³/mol. The normalized spacial score (nSPS) is 14.8. The molecule has 4 heterocycles. The first kappa shape index (κ1) is 26.6. The van der Waals surface area contributed by atoms with Crippen molar-refractivity contribution in [2.75, 3.05) is 25.5 Å². The van der Waals surface area contributed by atoms with Gasteiger partial charge in [0.05, 0.1) is 12.2 Å². The smallest absolute Gasteiger partial charge is 0.286 e. The lowest BCUT2D eigenvalue weighted by molar-refractivity contribution is 0.255. The average molecular weight is 532 g/mol. The van der Waals surface area contributed by atoms with Crippen LogP contribution in [0.25, 0.3) is 16.7 Å². The number of likely N-dealkylation sites (tertiary alicyclic amines) is 1. The Kier molecular flexibility index (Phi) is 7.22. The SMILES string of the molecule is C=CCn1c(=O)c2cnc(Nc3ccc(C4CCN(C)CC4)c(C)c3)nc2n1-c1cc(F)c(=O)n(C(C)C)c1. The molecule has 4 aromatic rings. The van der Waals surface area contributed by atoms with Crippen LogP contribution < -0.4 is 16.4 Å². The molecular weight excluding hydrogens is 497 g/mol. The second-order valence-corrected chi connectivity index (χ2v) is 10.5. The largest absolute Gasteiger partial charge is 0.324 e. The minimum absolute atomic E-state index is 0.165. The fourth-order valence-electron chi connectivity index (χ4n) is 5.35. The highest BCUT2D eigenvalue weighted by atomic mass is 19.1. The summed E-state index contributed by atoms with van der Waals surface area (Å²) in [6.45, 7) is 11.8. The molecule has 9 nitrogen and oxygen atoms in total. The lowest BCUT2D eigenvalue weighted by Gasteiger charge is -2.30. The maximum Gasteiger partial charge on any atom is 0.286 e. The first-order valence-electron chi connectivity index (χ1n) is 13.3. The second kappa shape index (κ2) is 10.6. The molecule has 0 bridgehead atoms. The summed E-state index contributed by atoms with van der Waals surface area (Å²) in [6, 6.07) is 7.13. The number of pyridine rings is 1. The standard InChI is InChI=1S/C29H34FN7O2/c1-6-11-36-27(38)24-16-31-29(32-21-7-8-23(19(4)14-21)20-9-12-34(5)13-10-20)33-26(24)37(36)22-15-25(30)28(39)35(17-22)18(2)3/h6-8,14-18,20H,1,9-13H2,2-5H3,(H,31,32,33). The number of benzene rings is 1. The van der Waals surface area contributed by atoms with Gasteiger partial charge in [-0.1, -0.05) is 12.1 Å². The van der Waals surface area contributed by atoms with E-state index in [1.165, 1.54) is 37.5 Å². The van der Waals surface area contributed by atoms with E-state index >= 15 is 0 Å². The summed E-state index contributed by atoms with van der Waals surface area (Å²) in [7, 11) is 2.16. The van der Waals surface area contributed by atoms with Crippen molar-refractivity contribution in [1.29, 1.82) is 0 Å². The number of halogens is 1. The molecule has 0 spiro atoms.